The fourth-order valence-corrected chi connectivity index (χ4v) is 3.53. The Kier molecular flexibility index (Phi) is 4.06. The molecule has 9 nitrogen and oxygen atoms in total. The van der Waals surface area contributed by atoms with Gasteiger partial charge in [-0.25, -0.2) is 19.9 Å². The molecule has 3 aromatic heterocycles. The number of hydrogen-bond donors (Lipinski definition) is 1. The molecule has 1 aliphatic rings. The summed E-state index contributed by atoms with van der Waals surface area (Å²) in [5.41, 5.74) is 2.48. The fraction of sp³-hybridized carbons (Fsp3) is 0.471. The summed E-state index contributed by atoms with van der Waals surface area (Å²) in [6.07, 6.45) is 7.56. The zero-order chi connectivity index (χ0) is 18.3. The molecule has 1 fully saturated rings. The third-order valence-electron chi connectivity index (χ3n) is 4.90. The molecule has 0 radical (unpaired) electrons. The lowest BCUT2D eigenvalue weighted by Crippen LogP contribution is -2.31. The molecule has 1 amide bonds. The summed E-state index contributed by atoms with van der Waals surface area (Å²) in [6, 6.07) is 0.0144. The van der Waals surface area contributed by atoms with Crippen LogP contribution in [-0.4, -0.2) is 59.0 Å². The Balaban J connectivity index is 1.66. The quantitative estimate of drug-likeness (QED) is 0.749. The Labute approximate surface area is 151 Å². The Hall–Kier alpha value is -2.97. The van der Waals surface area contributed by atoms with Crippen LogP contribution in [0.4, 0.5) is 5.82 Å². The van der Waals surface area contributed by atoms with Crippen LogP contribution in [0.15, 0.2) is 25.2 Å². The predicted molar refractivity (Wildman–Crippen MR) is 96.5 cm³/mol. The van der Waals surface area contributed by atoms with Crippen molar-refractivity contribution in [1.29, 1.82) is 0 Å². The van der Waals surface area contributed by atoms with Gasteiger partial charge in [0.1, 0.15) is 11.8 Å². The summed E-state index contributed by atoms with van der Waals surface area (Å²) in [7, 11) is 3.85. The summed E-state index contributed by atoms with van der Waals surface area (Å²) >= 11 is 0. The monoisotopic (exact) mass is 354 g/mol. The van der Waals surface area contributed by atoms with Gasteiger partial charge in [0, 0.05) is 45.7 Å². The molecule has 0 saturated carbocycles. The molecule has 4 heterocycles. The number of fused-ring (bicyclic) bond motifs is 1. The smallest absolute Gasteiger partial charge is 0.222 e. The molecule has 136 valence electrons. The van der Waals surface area contributed by atoms with Gasteiger partial charge in [0.2, 0.25) is 5.91 Å². The normalized spacial score (nSPS) is 20.0. The third kappa shape index (κ3) is 2.79. The number of likely N-dealkylation sites (tertiary alicyclic amines) is 1. The number of amides is 1. The molecule has 9 heteroatoms. The van der Waals surface area contributed by atoms with Gasteiger partial charge in [-0.1, -0.05) is 6.92 Å². The average Bonchev–Trinajstić information content (AvgIpc) is 3.34. The number of imidazole rings is 2. The molecule has 0 unspecified atom stereocenters. The number of aromatic nitrogens is 6. The van der Waals surface area contributed by atoms with Gasteiger partial charge in [0.25, 0.3) is 0 Å². The molecule has 3 aromatic rings. The second kappa shape index (κ2) is 6.40. The first-order valence-corrected chi connectivity index (χ1v) is 8.71. The highest BCUT2D eigenvalue weighted by Crippen LogP contribution is 2.30. The lowest BCUT2D eigenvalue weighted by atomic mass is 10.0. The van der Waals surface area contributed by atoms with Crippen molar-refractivity contribution in [3.05, 3.63) is 30.9 Å². The van der Waals surface area contributed by atoms with E-state index in [1.165, 1.54) is 6.33 Å². The van der Waals surface area contributed by atoms with Crippen molar-refractivity contribution in [1.82, 2.24) is 34.0 Å². The number of hydrogen-bond acceptors (Lipinski definition) is 6. The van der Waals surface area contributed by atoms with Gasteiger partial charge in [-0.2, -0.15) is 0 Å². The minimum absolute atomic E-state index is 0.0144. The minimum atomic E-state index is 0.0144. The number of nitrogens with one attached hydrogen (secondary N) is 1. The Morgan fingerprint density at radius 2 is 2.04 bits per heavy atom. The van der Waals surface area contributed by atoms with Crippen molar-refractivity contribution in [3.8, 4) is 0 Å². The van der Waals surface area contributed by atoms with Crippen molar-refractivity contribution < 1.29 is 4.79 Å². The second-order valence-corrected chi connectivity index (χ2v) is 6.72. The van der Waals surface area contributed by atoms with E-state index in [0.29, 0.717) is 25.3 Å². The first-order chi connectivity index (χ1) is 12.6. The largest absolute Gasteiger partial charge is 0.363 e. The highest BCUT2D eigenvalue weighted by atomic mass is 16.2. The van der Waals surface area contributed by atoms with E-state index < -0.39 is 0 Å². The SMILES string of the molecule is CCC(=O)N1C[C@@H](Nc2ncnc3c2ncn3C)[C@H](c2cn(C)cn2)C1. The van der Waals surface area contributed by atoms with E-state index >= 15 is 0 Å². The van der Waals surface area contributed by atoms with Gasteiger partial charge < -0.3 is 19.4 Å². The van der Waals surface area contributed by atoms with E-state index in [1.807, 2.05) is 41.3 Å². The van der Waals surface area contributed by atoms with Crippen LogP contribution in [0, 0.1) is 0 Å². The van der Waals surface area contributed by atoms with Crippen LogP contribution in [0.1, 0.15) is 25.0 Å². The Morgan fingerprint density at radius 3 is 2.77 bits per heavy atom. The summed E-state index contributed by atoms with van der Waals surface area (Å²) in [4.78, 5) is 31.7. The lowest BCUT2D eigenvalue weighted by Gasteiger charge is -2.18. The number of carbonyl (C=O) groups excluding carboxylic acids is 1. The van der Waals surface area contributed by atoms with Gasteiger partial charge in [-0.3, -0.25) is 4.79 Å². The van der Waals surface area contributed by atoms with Crippen molar-refractivity contribution >= 4 is 22.9 Å². The lowest BCUT2D eigenvalue weighted by molar-refractivity contribution is -0.129. The standard InChI is InChI=1S/C17H22N8O/c1-4-14(26)25-5-11(12-6-23(2)9-20-12)13(7-25)22-16-15-17(19-8-18-16)24(3)10-21-15/h6,8-11,13H,4-5,7H2,1-3H3,(H,18,19,22)/t11-,13+/m0/s1. The fourth-order valence-electron chi connectivity index (χ4n) is 3.53. The molecule has 0 aliphatic carbocycles. The Morgan fingerprint density at radius 1 is 1.19 bits per heavy atom. The molecule has 1 aliphatic heterocycles. The van der Waals surface area contributed by atoms with E-state index in [0.717, 1.165) is 16.9 Å². The zero-order valence-electron chi connectivity index (χ0n) is 15.1. The van der Waals surface area contributed by atoms with Crippen LogP contribution in [0.25, 0.3) is 11.2 Å². The van der Waals surface area contributed by atoms with Gasteiger partial charge >= 0.3 is 0 Å². The Bertz CT molecular complexity index is 945. The third-order valence-corrected chi connectivity index (χ3v) is 4.90. The molecule has 4 rings (SSSR count). The molecule has 0 spiro atoms. The minimum Gasteiger partial charge on any atom is -0.363 e. The van der Waals surface area contributed by atoms with E-state index in [9.17, 15) is 4.79 Å². The van der Waals surface area contributed by atoms with Gasteiger partial charge in [0.15, 0.2) is 11.5 Å². The van der Waals surface area contributed by atoms with E-state index in [4.69, 9.17) is 0 Å². The molecule has 26 heavy (non-hydrogen) atoms. The number of anilines is 1. The average molecular weight is 354 g/mol. The summed E-state index contributed by atoms with van der Waals surface area (Å²) < 4.78 is 3.79. The summed E-state index contributed by atoms with van der Waals surface area (Å²) in [6.45, 7) is 3.16. The maximum atomic E-state index is 12.2. The van der Waals surface area contributed by atoms with Gasteiger partial charge in [0.05, 0.1) is 24.4 Å². The molecule has 0 aromatic carbocycles. The van der Waals surface area contributed by atoms with Crippen LogP contribution in [0.3, 0.4) is 0 Å². The van der Waals surface area contributed by atoms with Crippen LogP contribution in [0.2, 0.25) is 0 Å². The summed E-state index contributed by atoms with van der Waals surface area (Å²) in [5, 5.41) is 3.49. The van der Waals surface area contributed by atoms with Crippen LogP contribution in [-0.2, 0) is 18.9 Å². The first kappa shape index (κ1) is 16.5. The molecule has 1 saturated heterocycles. The van der Waals surface area contributed by atoms with Crippen LogP contribution in [0.5, 0.6) is 0 Å². The molecule has 1 N–H and O–H groups in total. The van der Waals surface area contributed by atoms with E-state index in [-0.39, 0.29) is 17.9 Å². The second-order valence-electron chi connectivity index (χ2n) is 6.72. The van der Waals surface area contributed by atoms with Crippen molar-refractivity contribution in [2.75, 3.05) is 18.4 Å². The number of aryl methyl sites for hydroxylation is 2. The molecular formula is C17H22N8O. The van der Waals surface area contributed by atoms with Crippen molar-refractivity contribution in [2.24, 2.45) is 14.1 Å². The molecule has 0 bridgehead atoms. The maximum Gasteiger partial charge on any atom is 0.222 e. The summed E-state index contributed by atoms with van der Waals surface area (Å²) in [5.74, 6) is 0.939. The van der Waals surface area contributed by atoms with Crippen LogP contribution >= 0.6 is 0 Å². The highest BCUT2D eigenvalue weighted by molar-refractivity contribution is 5.83. The zero-order valence-corrected chi connectivity index (χ0v) is 15.1. The predicted octanol–water partition coefficient (Wildman–Crippen LogP) is 0.913. The van der Waals surface area contributed by atoms with Gasteiger partial charge in [-0.05, 0) is 0 Å². The number of carbonyl (C=O) groups is 1. The van der Waals surface area contributed by atoms with Crippen molar-refractivity contribution in [2.45, 2.75) is 25.3 Å². The maximum absolute atomic E-state index is 12.2. The van der Waals surface area contributed by atoms with Crippen LogP contribution < -0.4 is 5.32 Å². The first-order valence-electron chi connectivity index (χ1n) is 8.71. The number of rotatable bonds is 4. The van der Waals surface area contributed by atoms with E-state index in [2.05, 4.69) is 25.3 Å². The van der Waals surface area contributed by atoms with Gasteiger partial charge in [-0.15, -0.1) is 0 Å². The highest BCUT2D eigenvalue weighted by Gasteiger charge is 2.37. The van der Waals surface area contributed by atoms with Crippen molar-refractivity contribution in [3.63, 3.8) is 0 Å². The number of nitrogens with zero attached hydrogens (tertiary/aromatic N) is 7. The molecular weight excluding hydrogens is 332 g/mol. The molecule has 2 atom stereocenters. The van der Waals surface area contributed by atoms with E-state index in [1.54, 1.807) is 12.7 Å². The topological polar surface area (TPSA) is 93.8 Å².